The van der Waals surface area contributed by atoms with E-state index in [1.165, 1.54) is 36.9 Å². The van der Waals surface area contributed by atoms with Crippen molar-refractivity contribution in [1.29, 1.82) is 0 Å². The number of halogens is 2. The monoisotopic (exact) mass is 443 g/mol. The topological polar surface area (TPSA) is 100 Å². The molecule has 31 heavy (non-hydrogen) atoms. The number of aromatic nitrogens is 3. The lowest BCUT2D eigenvalue weighted by molar-refractivity contribution is 0.0879. The summed E-state index contributed by atoms with van der Waals surface area (Å²) in [7, 11) is 0. The fraction of sp³-hybridized carbons (Fsp3) is 0.273. The number of amides is 1. The van der Waals surface area contributed by atoms with Crippen molar-refractivity contribution >= 4 is 23.2 Å². The van der Waals surface area contributed by atoms with Gasteiger partial charge in [-0.15, -0.1) is 0 Å². The molecule has 0 radical (unpaired) electrons. The van der Waals surface area contributed by atoms with Gasteiger partial charge < -0.3 is 15.7 Å². The summed E-state index contributed by atoms with van der Waals surface area (Å²) in [5, 5.41) is 16.5. The van der Waals surface area contributed by atoms with Gasteiger partial charge in [0.15, 0.2) is 0 Å². The number of pyridine rings is 1. The van der Waals surface area contributed by atoms with E-state index in [1.54, 1.807) is 19.2 Å². The number of nitrogens with one attached hydrogen (secondary N) is 2. The average molecular weight is 444 g/mol. The number of carbonyl (C=O) groups is 1. The first-order valence-electron chi connectivity index (χ1n) is 9.72. The number of aliphatic hydroxyl groups excluding tert-OH is 1. The Balaban J connectivity index is 1.94. The van der Waals surface area contributed by atoms with Gasteiger partial charge in [0, 0.05) is 34.9 Å². The highest BCUT2D eigenvalue weighted by Gasteiger charge is 2.21. The van der Waals surface area contributed by atoms with Crippen molar-refractivity contribution in [3.8, 4) is 11.3 Å². The Labute approximate surface area is 184 Å². The van der Waals surface area contributed by atoms with Crippen LogP contribution in [0, 0.1) is 5.82 Å². The lowest BCUT2D eigenvalue weighted by atomic mass is 10.0. The lowest BCUT2D eigenvalue weighted by Gasteiger charge is -2.26. The van der Waals surface area contributed by atoms with Crippen LogP contribution in [0.15, 0.2) is 49.2 Å². The maximum atomic E-state index is 14.4. The summed E-state index contributed by atoms with van der Waals surface area (Å²) in [5.74, 6) is -0.814. The van der Waals surface area contributed by atoms with Crippen molar-refractivity contribution in [2.24, 2.45) is 0 Å². The molecule has 0 bridgehead atoms. The molecule has 0 aliphatic carbocycles. The number of benzene rings is 1. The van der Waals surface area contributed by atoms with Crippen LogP contribution in [0.5, 0.6) is 0 Å². The zero-order valence-electron chi connectivity index (χ0n) is 17.3. The van der Waals surface area contributed by atoms with Crippen molar-refractivity contribution in [3.05, 3.63) is 71.2 Å². The minimum absolute atomic E-state index is 0.0844. The molecule has 0 unspecified atom stereocenters. The minimum Gasteiger partial charge on any atom is -0.389 e. The second kappa shape index (κ2) is 9.80. The zero-order valence-corrected chi connectivity index (χ0v) is 18.1. The number of hydrogen-bond acceptors (Lipinski definition) is 6. The summed E-state index contributed by atoms with van der Waals surface area (Å²) >= 11 is 6.03. The molecule has 0 aliphatic heterocycles. The standard InChI is InChI=1S/C22H23ClFN5O2/c1-12(2)17-10-27-19(16-6-15(23)4-5-18(16)24)7-20(17)28-21(13(3)30)29-22(31)14-8-25-11-26-9-14/h4-13,21,30H,1-3H3,(H,27,28)(H,29,31)/t13-,21-/m0/s1. The van der Waals surface area contributed by atoms with E-state index in [1.807, 2.05) is 13.8 Å². The molecule has 3 N–H and O–H groups in total. The third-order valence-electron chi connectivity index (χ3n) is 4.66. The SMILES string of the molecule is CC(C)c1cnc(-c2cc(Cl)ccc2F)cc1N[C@@H](NC(=O)c1cncnc1)[C@H](C)O. The lowest BCUT2D eigenvalue weighted by Crippen LogP contribution is -2.47. The van der Waals surface area contributed by atoms with Crippen molar-refractivity contribution in [1.82, 2.24) is 20.3 Å². The molecular formula is C22H23ClFN5O2. The fourth-order valence-electron chi connectivity index (χ4n) is 2.98. The molecule has 0 spiro atoms. The summed E-state index contributed by atoms with van der Waals surface area (Å²) in [6, 6.07) is 5.93. The first-order chi connectivity index (χ1) is 14.8. The summed E-state index contributed by atoms with van der Waals surface area (Å²) < 4.78 is 14.4. The molecule has 0 saturated carbocycles. The van der Waals surface area contributed by atoms with E-state index in [-0.39, 0.29) is 17.0 Å². The van der Waals surface area contributed by atoms with E-state index >= 15 is 0 Å². The number of hydrogen-bond donors (Lipinski definition) is 3. The molecule has 3 aromatic rings. The number of aliphatic hydroxyl groups is 1. The number of carbonyl (C=O) groups excluding carboxylic acids is 1. The van der Waals surface area contributed by atoms with Crippen LogP contribution in [0.1, 0.15) is 42.6 Å². The molecule has 2 atom stereocenters. The summed E-state index contributed by atoms with van der Waals surface area (Å²) in [4.78, 5) is 24.6. The highest BCUT2D eigenvalue weighted by Crippen LogP contribution is 2.31. The smallest absolute Gasteiger partial charge is 0.256 e. The Kier molecular flexibility index (Phi) is 7.14. The van der Waals surface area contributed by atoms with E-state index in [0.29, 0.717) is 16.4 Å². The molecule has 3 rings (SSSR count). The molecule has 0 aliphatic rings. The molecule has 1 amide bonds. The fourth-order valence-corrected chi connectivity index (χ4v) is 3.15. The van der Waals surface area contributed by atoms with Crippen molar-refractivity contribution in [2.45, 2.75) is 39.0 Å². The van der Waals surface area contributed by atoms with Gasteiger partial charge in [0.1, 0.15) is 18.3 Å². The zero-order chi connectivity index (χ0) is 22.5. The molecule has 2 aromatic heterocycles. The Hall–Kier alpha value is -3.10. The van der Waals surface area contributed by atoms with Crippen LogP contribution in [0.2, 0.25) is 5.02 Å². The molecule has 2 heterocycles. The van der Waals surface area contributed by atoms with Gasteiger partial charge in [-0.2, -0.15) is 0 Å². The first kappa shape index (κ1) is 22.6. The van der Waals surface area contributed by atoms with Crippen molar-refractivity contribution in [2.75, 3.05) is 5.32 Å². The second-order valence-corrected chi connectivity index (χ2v) is 7.84. The Morgan fingerprint density at radius 2 is 1.84 bits per heavy atom. The number of nitrogens with zero attached hydrogens (tertiary/aromatic N) is 3. The van der Waals surface area contributed by atoms with Gasteiger partial charge in [0.25, 0.3) is 5.91 Å². The van der Waals surface area contributed by atoms with Crippen molar-refractivity contribution < 1.29 is 14.3 Å². The highest BCUT2D eigenvalue weighted by atomic mass is 35.5. The summed E-state index contributed by atoms with van der Waals surface area (Å²) in [6.45, 7) is 5.52. The third kappa shape index (κ3) is 5.53. The normalized spacial score (nSPS) is 13.0. The average Bonchev–Trinajstić information content (AvgIpc) is 2.75. The minimum atomic E-state index is -0.937. The van der Waals surface area contributed by atoms with Crippen LogP contribution in [0.25, 0.3) is 11.3 Å². The Bertz CT molecular complexity index is 1060. The van der Waals surface area contributed by atoms with Crippen molar-refractivity contribution in [3.63, 3.8) is 0 Å². The maximum Gasteiger partial charge on any atom is 0.256 e. The third-order valence-corrected chi connectivity index (χ3v) is 4.90. The van der Waals surface area contributed by atoms with Crippen LogP contribution in [0.4, 0.5) is 10.1 Å². The molecule has 9 heteroatoms. The molecule has 162 valence electrons. The van der Waals surface area contributed by atoms with Crippen LogP contribution in [-0.2, 0) is 0 Å². The Morgan fingerprint density at radius 1 is 1.13 bits per heavy atom. The van der Waals surface area contributed by atoms with Gasteiger partial charge >= 0.3 is 0 Å². The van der Waals surface area contributed by atoms with Crippen LogP contribution >= 0.6 is 11.6 Å². The van der Waals surface area contributed by atoms with Gasteiger partial charge in [-0.05, 0) is 42.7 Å². The molecule has 1 aromatic carbocycles. The summed E-state index contributed by atoms with van der Waals surface area (Å²) in [6.07, 6.45) is 3.97. The first-order valence-corrected chi connectivity index (χ1v) is 10.1. The molecular weight excluding hydrogens is 421 g/mol. The van der Waals surface area contributed by atoms with E-state index in [0.717, 1.165) is 5.56 Å². The van der Waals surface area contributed by atoms with Gasteiger partial charge in [-0.25, -0.2) is 14.4 Å². The Morgan fingerprint density at radius 3 is 2.48 bits per heavy atom. The van der Waals surface area contributed by atoms with E-state index in [9.17, 15) is 14.3 Å². The van der Waals surface area contributed by atoms with E-state index in [4.69, 9.17) is 11.6 Å². The van der Waals surface area contributed by atoms with E-state index < -0.39 is 24.0 Å². The van der Waals surface area contributed by atoms with Crippen LogP contribution < -0.4 is 10.6 Å². The van der Waals surface area contributed by atoms with E-state index in [2.05, 4.69) is 25.6 Å². The van der Waals surface area contributed by atoms with Gasteiger partial charge in [0.2, 0.25) is 0 Å². The molecule has 7 nitrogen and oxygen atoms in total. The highest BCUT2D eigenvalue weighted by molar-refractivity contribution is 6.30. The van der Waals surface area contributed by atoms with Crippen LogP contribution in [0.3, 0.4) is 0 Å². The molecule has 0 fully saturated rings. The van der Waals surface area contributed by atoms with Crippen LogP contribution in [-0.4, -0.2) is 38.2 Å². The van der Waals surface area contributed by atoms with Gasteiger partial charge in [-0.1, -0.05) is 25.4 Å². The maximum absolute atomic E-state index is 14.4. The van der Waals surface area contributed by atoms with Gasteiger partial charge in [0.05, 0.1) is 17.4 Å². The molecule has 0 saturated heterocycles. The predicted molar refractivity (Wildman–Crippen MR) is 117 cm³/mol. The summed E-state index contributed by atoms with van der Waals surface area (Å²) in [5.41, 5.74) is 2.34. The number of rotatable bonds is 7. The second-order valence-electron chi connectivity index (χ2n) is 7.40. The largest absolute Gasteiger partial charge is 0.389 e. The quantitative estimate of drug-likeness (QED) is 0.477. The van der Waals surface area contributed by atoms with Gasteiger partial charge in [-0.3, -0.25) is 9.78 Å². The predicted octanol–water partition coefficient (Wildman–Crippen LogP) is 4.00. The number of anilines is 1.